The average molecular weight is 437 g/mol. The van der Waals surface area contributed by atoms with Gasteiger partial charge in [-0.25, -0.2) is 0 Å². The third-order valence-corrected chi connectivity index (χ3v) is 6.49. The number of aryl methyl sites for hydroxylation is 1. The molecule has 1 aliphatic rings. The number of amides is 1. The van der Waals surface area contributed by atoms with Crippen LogP contribution >= 0.6 is 0 Å². The van der Waals surface area contributed by atoms with Gasteiger partial charge in [0.05, 0.1) is 12.7 Å². The van der Waals surface area contributed by atoms with Crippen LogP contribution < -0.4 is 0 Å². The molecule has 170 valence electrons. The number of phenols is 1. The van der Waals surface area contributed by atoms with E-state index in [1.165, 1.54) is 11.3 Å². The maximum atomic E-state index is 13.6. The van der Waals surface area contributed by atoms with E-state index in [0.717, 1.165) is 42.5 Å². The number of phenolic OH excluding ortho intramolecular Hbond substituents is 1. The van der Waals surface area contributed by atoms with Gasteiger partial charge < -0.3 is 24.0 Å². The molecule has 1 fully saturated rings. The van der Waals surface area contributed by atoms with Crippen LogP contribution in [0.2, 0.25) is 0 Å². The first-order valence-electron chi connectivity index (χ1n) is 11.3. The van der Waals surface area contributed by atoms with Crippen LogP contribution in [-0.4, -0.2) is 53.5 Å². The van der Waals surface area contributed by atoms with Crippen molar-refractivity contribution in [3.63, 3.8) is 0 Å². The highest BCUT2D eigenvalue weighted by Gasteiger charge is 2.25. The number of hydrogen-bond acceptors (Lipinski definition) is 4. The van der Waals surface area contributed by atoms with Crippen LogP contribution in [0.15, 0.2) is 42.5 Å². The van der Waals surface area contributed by atoms with Gasteiger partial charge >= 0.3 is 0 Å². The Kier molecular flexibility index (Phi) is 6.82. The molecule has 2 heterocycles. The molecule has 6 nitrogen and oxygen atoms in total. The van der Waals surface area contributed by atoms with Gasteiger partial charge in [-0.15, -0.1) is 0 Å². The normalized spacial score (nSPS) is 16.0. The summed E-state index contributed by atoms with van der Waals surface area (Å²) in [7, 11) is 1.71. The second kappa shape index (κ2) is 9.76. The van der Waals surface area contributed by atoms with E-state index in [9.17, 15) is 9.90 Å². The Morgan fingerprint density at radius 1 is 1.25 bits per heavy atom. The van der Waals surface area contributed by atoms with Crippen LogP contribution in [-0.2, 0) is 22.6 Å². The Bertz CT molecular complexity index is 1100. The largest absolute Gasteiger partial charge is 0.508 e. The van der Waals surface area contributed by atoms with E-state index in [4.69, 9.17) is 9.47 Å². The summed E-state index contributed by atoms with van der Waals surface area (Å²) in [6.45, 7) is 7.21. The van der Waals surface area contributed by atoms with Gasteiger partial charge in [0, 0.05) is 61.1 Å². The summed E-state index contributed by atoms with van der Waals surface area (Å²) in [5, 5.41) is 11.4. The number of carbonyl (C=O) groups excluding carboxylic acids is 1. The molecule has 0 bridgehead atoms. The molecule has 1 N–H and O–H groups in total. The summed E-state index contributed by atoms with van der Waals surface area (Å²) in [5.74, 6) is 0.155. The molecule has 1 saturated heterocycles. The second-order valence-electron chi connectivity index (χ2n) is 8.54. The smallest absolute Gasteiger partial charge is 0.254 e. The number of methoxy groups -OCH3 is 1. The first kappa shape index (κ1) is 22.4. The van der Waals surface area contributed by atoms with Gasteiger partial charge in [-0.3, -0.25) is 4.79 Å². The minimum Gasteiger partial charge on any atom is -0.508 e. The zero-order valence-corrected chi connectivity index (χ0v) is 19.1. The molecule has 1 unspecified atom stereocenters. The number of rotatable bonds is 8. The second-order valence-corrected chi connectivity index (χ2v) is 8.54. The van der Waals surface area contributed by atoms with Crippen molar-refractivity contribution in [3.8, 4) is 5.75 Å². The maximum Gasteiger partial charge on any atom is 0.254 e. The molecule has 3 aromatic rings. The van der Waals surface area contributed by atoms with Crippen LogP contribution in [0.25, 0.3) is 10.9 Å². The Morgan fingerprint density at radius 2 is 2.06 bits per heavy atom. The Balaban J connectivity index is 1.66. The summed E-state index contributed by atoms with van der Waals surface area (Å²) in [5.41, 5.74) is 4.86. The number of fused-ring (bicyclic) bond motifs is 1. The van der Waals surface area contributed by atoms with E-state index in [1.807, 2.05) is 30.3 Å². The molecule has 6 heteroatoms. The van der Waals surface area contributed by atoms with Crippen LogP contribution in [0.4, 0.5) is 0 Å². The molecule has 32 heavy (non-hydrogen) atoms. The Morgan fingerprint density at radius 3 is 2.78 bits per heavy atom. The highest BCUT2D eigenvalue weighted by Crippen LogP contribution is 2.28. The molecule has 1 aliphatic heterocycles. The van der Waals surface area contributed by atoms with E-state index in [2.05, 4.69) is 18.4 Å². The molecule has 1 aromatic heterocycles. The van der Waals surface area contributed by atoms with E-state index >= 15 is 0 Å². The number of ether oxygens (including phenoxy) is 2. The van der Waals surface area contributed by atoms with Crippen LogP contribution in [0.1, 0.15) is 40.0 Å². The molecular weight excluding hydrogens is 404 g/mol. The number of carbonyl (C=O) groups is 1. The van der Waals surface area contributed by atoms with Gasteiger partial charge in [0.15, 0.2) is 0 Å². The summed E-state index contributed by atoms with van der Waals surface area (Å²) in [6.07, 6.45) is 2.00. The van der Waals surface area contributed by atoms with Crippen LogP contribution in [0.5, 0.6) is 5.75 Å². The lowest BCUT2D eigenvalue weighted by Gasteiger charge is -2.26. The van der Waals surface area contributed by atoms with Crippen molar-refractivity contribution in [2.75, 3.05) is 26.9 Å². The Hall–Kier alpha value is -2.83. The topological polar surface area (TPSA) is 63.9 Å². The zero-order valence-electron chi connectivity index (χ0n) is 19.1. The highest BCUT2D eigenvalue weighted by atomic mass is 16.5. The van der Waals surface area contributed by atoms with Crippen molar-refractivity contribution in [1.82, 2.24) is 9.47 Å². The number of nitrogens with zero attached hydrogens (tertiary/aromatic N) is 2. The SMILES string of the molecule is COCCn1c(C)c(C)c2cc(C(=O)N(Cc3ccccc3O)CC3CCCO3)ccc21. The summed E-state index contributed by atoms with van der Waals surface area (Å²) >= 11 is 0. The number of hydrogen-bond donors (Lipinski definition) is 1. The number of para-hydroxylation sites is 1. The molecule has 1 atom stereocenters. The van der Waals surface area contributed by atoms with Crippen LogP contribution in [0.3, 0.4) is 0 Å². The number of aromatic nitrogens is 1. The lowest BCUT2D eigenvalue weighted by atomic mass is 10.1. The van der Waals surface area contributed by atoms with E-state index in [-0.39, 0.29) is 17.8 Å². The summed E-state index contributed by atoms with van der Waals surface area (Å²) < 4.78 is 13.3. The third kappa shape index (κ3) is 4.52. The van der Waals surface area contributed by atoms with Gasteiger partial charge in [0.2, 0.25) is 0 Å². The molecular formula is C26H32N2O4. The van der Waals surface area contributed by atoms with Crippen molar-refractivity contribution in [2.24, 2.45) is 0 Å². The standard InChI is InChI=1S/C26H32N2O4/c1-18-19(2)28(12-14-31-3)24-11-10-20(15-23(18)24)26(30)27(17-22-8-6-13-32-22)16-21-7-4-5-9-25(21)29/h4-5,7,9-11,15,22,29H,6,8,12-14,16-17H2,1-3H3. The van der Waals surface area contributed by atoms with Crippen LogP contribution in [0, 0.1) is 13.8 Å². The predicted molar refractivity (Wildman–Crippen MR) is 125 cm³/mol. The first-order chi connectivity index (χ1) is 15.5. The summed E-state index contributed by atoms with van der Waals surface area (Å²) in [4.78, 5) is 15.4. The minimum absolute atomic E-state index is 0.0349. The van der Waals surface area contributed by atoms with Crippen molar-refractivity contribution in [1.29, 1.82) is 0 Å². The lowest BCUT2D eigenvalue weighted by Crippen LogP contribution is -2.37. The lowest BCUT2D eigenvalue weighted by molar-refractivity contribution is 0.0506. The molecule has 0 aliphatic carbocycles. The maximum absolute atomic E-state index is 13.6. The third-order valence-electron chi connectivity index (χ3n) is 6.49. The number of aromatic hydroxyl groups is 1. The molecule has 0 spiro atoms. The highest BCUT2D eigenvalue weighted by molar-refractivity contribution is 5.99. The van der Waals surface area contributed by atoms with E-state index in [0.29, 0.717) is 25.3 Å². The van der Waals surface area contributed by atoms with E-state index in [1.54, 1.807) is 24.1 Å². The zero-order chi connectivity index (χ0) is 22.7. The molecule has 4 rings (SSSR count). The fourth-order valence-corrected chi connectivity index (χ4v) is 4.54. The van der Waals surface area contributed by atoms with Crippen molar-refractivity contribution in [2.45, 2.75) is 45.9 Å². The van der Waals surface area contributed by atoms with Gasteiger partial charge in [-0.1, -0.05) is 18.2 Å². The Labute approximate surface area is 189 Å². The van der Waals surface area contributed by atoms with Gasteiger partial charge in [0.25, 0.3) is 5.91 Å². The minimum atomic E-state index is -0.0488. The average Bonchev–Trinajstić information content (AvgIpc) is 3.39. The first-order valence-corrected chi connectivity index (χ1v) is 11.3. The number of benzene rings is 2. The van der Waals surface area contributed by atoms with Gasteiger partial charge in [0.1, 0.15) is 5.75 Å². The van der Waals surface area contributed by atoms with Crippen molar-refractivity contribution >= 4 is 16.8 Å². The van der Waals surface area contributed by atoms with Crippen molar-refractivity contribution < 1.29 is 19.4 Å². The molecule has 2 aromatic carbocycles. The van der Waals surface area contributed by atoms with Crippen molar-refractivity contribution in [3.05, 3.63) is 64.8 Å². The fraction of sp³-hybridized carbons (Fsp3) is 0.423. The van der Waals surface area contributed by atoms with Gasteiger partial charge in [-0.2, -0.15) is 0 Å². The molecule has 1 amide bonds. The monoisotopic (exact) mass is 436 g/mol. The fourth-order valence-electron chi connectivity index (χ4n) is 4.54. The predicted octanol–water partition coefficient (Wildman–Crippen LogP) is 4.43. The summed E-state index contributed by atoms with van der Waals surface area (Å²) in [6, 6.07) is 13.1. The molecule has 0 radical (unpaired) electrons. The molecule has 0 saturated carbocycles. The van der Waals surface area contributed by atoms with Gasteiger partial charge in [-0.05, 0) is 56.5 Å². The quantitative estimate of drug-likeness (QED) is 0.567. The van der Waals surface area contributed by atoms with E-state index < -0.39 is 0 Å².